The molecule has 0 saturated carbocycles. The van der Waals surface area contributed by atoms with Crippen LogP contribution in [0.25, 0.3) is 0 Å². The highest BCUT2D eigenvalue weighted by atomic mass is 16.1. The number of carbonyl (C=O) groups excluding carboxylic acids is 1. The second kappa shape index (κ2) is 7.78. The van der Waals surface area contributed by atoms with E-state index in [0.717, 1.165) is 34.9 Å². The fraction of sp³-hybridized carbons (Fsp3) is 0.381. The largest absolute Gasteiger partial charge is 0.307 e. The minimum Gasteiger partial charge on any atom is -0.307 e. The fourth-order valence-corrected chi connectivity index (χ4v) is 3.08. The third-order valence-electron chi connectivity index (χ3n) is 4.44. The Kier molecular flexibility index (Phi) is 5.44. The molecule has 0 saturated heterocycles. The van der Waals surface area contributed by atoms with Gasteiger partial charge in [-0.25, -0.2) is 4.68 Å². The summed E-state index contributed by atoms with van der Waals surface area (Å²) in [4.78, 5) is 12.7. The van der Waals surface area contributed by atoms with E-state index < -0.39 is 0 Å². The minimum absolute atomic E-state index is 0.124. The predicted octanol–water partition coefficient (Wildman–Crippen LogP) is 3.96. The van der Waals surface area contributed by atoms with Gasteiger partial charge in [-0.1, -0.05) is 26.0 Å². The number of amides is 1. The van der Waals surface area contributed by atoms with E-state index in [0.29, 0.717) is 18.0 Å². The van der Waals surface area contributed by atoms with Crippen LogP contribution in [0.4, 0.5) is 5.82 Å². The lowest BCUT2D eigenvalue weighted by atomic mass is 10.1. The van der Waals surface area contributed by atoms with Crippen molar-refractivity contribution in [1.29, 1.82) is 0 Å². The number of rotatable bonds is 6. The van der Waals surface area contributed by atoms with E-state index in [1.54, 1.807) is 6.20 Å². The van der Waals surface area contributed by atoms with E-state index in [4.69, 9.17) is 0 Å². The van der Waals surface area contributed by atoms with Crippen LogP contribution >= 0.6 is 0 Å². The standard InChI is InChI=1S/C21H27N5O/c1-14(2)12-26-20(15(3)11-22-26)23-21(27)19-8-6-18(7-9-19)13-25-17(5)10-16(4)24-25/h6-11,14H,12-13H2,1-5H3,(H,23,27). The summed E-state index contributed by atoms with van der Waals surface area (Å²) >= 11 is 0. The molecular formula is C21H27N5O. The Morgan fingerprint density at radius 3 is 2.41 bits per heavy atom. The molecule has 2 heterocycles. The zero-order valence-electron chi connectivity index (χ0n) is 16.7. The van der Waals surface area contributed by atoms with Crippen LogP contribution in [0.1, 0.15) is 46.7 Å². The molecule has 0 radical (unpaired) electrons. The molecule has 6 nitrogen and oxygen atoms in total. The maximum absolute atomic E-state index is 12.7. The van der Waals surface area contributed by atoms with Gasteiger partial charge in [0.25, 0.3) is 5.91 Å². The lowest BCUT2D eigenvalue weighted by Crippen LogP contribution is -2.18. The second-order valence-corrected chi connectivity index (χ2v) is 7.49. The van der Waals surface area contributed by atoms with Crippen molar-refractivity contribution in [3.8, 4) is 0 Å². The average molecular weight is 365 g/mol. The summed E-state index contributed by atoms with van der Waals surface area (Å²) in [5.41, 5.74) is 4.84. The lowest BCUT2D eigenvalue weighted by Gasteiger charge is -2.12. The molecule has 0 bridgehead atoms. The van der Waals surface area contributed by atoms with Crippen LogP contribution in [-0.2, 0) is 13.1 Å². The zero-order valence-corrected chi connectivity index (χ0v) is 16.7. The number of hydrogen-bond acceptors (Lipinski definition) is 3. The van der Waals surface area contributed by atoms with Gasteiger partial charge in [0.2, 0.25) is 0 Å². The van der Waals surface area contributed by atoms with Crippen molar-refractivity contribution in [3.05, 3.63) is 64.6 Å². The Bertz CT molecular complexity index is 934. The number of nitrogens with zero attached hydrogens (tertiary/aromatic N) is 4. The molecule has 0 aliphatic rings. The molecule has 0 spiro atoms. The first-order chi connectivity index (χ1) is 12.8. The topological polar surface area (TPSA) is 64.7 Å². The lowest BCUT2D eigenvalue weighted by molar-refractivity contribution is 0.102. The van der Waals surface area contributed by atoms with Crippen LogP contribution in [0.3, 0.4) is 0 Å². The third-order valence-corrected chi connectivity index (χ3v) is 4.44. The van der Waals surface area contributed by atoms with Crippen LogP contribution < -0.4 is 5.32 Å². The molecule has 2 aromatic heterocycles. The van der Waals surface area contributed by atoms with Gasteiger partial charge in [0.05, 0.1) is 18.4 Å². The van der Waals surface area contributed by atoms with Gasteiger partial charge in [-0.3, -0.25) is 9.48 Å². The number of aryl methyl sites for hydroxylation is 3. The number of hydrogen-bond donors (Lipinski definition) is 1. The van der Waals surface area contributed by atoms with E-state index in [9.17, 15) is 4.79 Å². The smallest absolute Gasteiger partial charge is 0.256 e. The first-order valence-corrected chi connectivity index (χ1v) is 9.27. The molecule has 3 aromatic rings. The van der Waals surface area contributed by atoms with E-state index in [-0.39, 0.29) is 5.91 Å². The van der Waals surface area contributed by atoms with Crippen molar-refractivity contribution in [2.24, 2.45) is 5.92 Å². The monoisotopic (exact) mass is 365 g/mol. The van der Waals surface area contributed by atoms with Crippen molar-refractivity contribution in [2.75, 3.05) is 5.32 Å². The van der Waals surface area contributed by atoms with Gasteiger partial charge >= 0.3 is 0 Å². The summed E-state index contributed by atoms with van der Waals surface area (Å²) in [5.74, 6) is 1.09. The van der Waals surface area contributed by atoms with Crippen molar-refractivity contribution in [1.82, 2.24) is 19.6 Å². The first-order valence-electron chi connectivity index (χ1n) is 9.27. The summed E-state index contributed by atoms with van der Waals surface area (Å²) in [6.45, 7) is 11.7. The Labute approximate surface area is 160 Å². The van der Waals surface area contributed by atoms with Crippen LogP contribution in [0.5, 0.6) is 0 Å². The predicted molar refractivity (Wildman–Crippen MR) is 107 cm³/mol. The molecule has 0 fully saturated rings. The van der Waals surface area contributed by atoms with Crippen LogP contribution in [0.2, 0.25) is 0 Å². The van der Waals surface area contributed by atoms with E-state index >= 15 is 0 Å². The minimum atomic E-state index is -0.124. The molecule has 0 atom stereocenters. The Morgan fingerprint density at radius 1 is 1.11 bits per heavy atom. The Balaban J connectivity index is 1.71. The van der Waals surface area contributed by atoms with Gasteiger partial charge < -0.3 is 5.32 Å². The van der Waals surface area contributed by atoms with Crippen molar-refractivity contribution >= 4 is 11.7 Å². The SMILES string of the molecule is Cc1cc(C)n(Cc2ccc(C(=O)Nc3c(C)cnn3CC(C)C)cc2)n1. The molecule has 27 heavy (non-hydrogen) atoms. The number of benzene rings is 1. The highest BCUT2D eigenvalue weighted by molar-refractivity contribution is 6.04. The van der Waals surface area contributed by atoms with E-state index in [1.807, 2.05) is 54.4 Å². The maximum Gasteiger partial charge on any atom is 0.256 e. The van der Waals surface area contributed by atoms with E-state index in [2.05, 4.69) is 35.4 Å². The number of aromatic nitrogens is 4. The number of anilines is 1. The van der Waals surface area contributed by atoms with Gasteiger partial charge in [0, 0.05) is 23.4 Å². The van der Waals surface area contributed by atoms with Crippen molar-refractivity contribution in [3.63, 3.8) is 0 Å². The molecular weight excluding hydrogens is 338 g/mol. The summed E-state index contributed by atoms with van der Waals surface area (Å²) in [5, 5.41) is 11.9. The molecule has 6 heteroatoms. The van der Waals surface area contributed by atoms with Crippen molar-refractivity contribution < 1.29 is 4.79 Å². The number of nitrogens with one attached hydrogen (secondary N) is 1. The fourth-order valence-electron chi connectivity index (χ4n) is 3.08. The highest BCUT2D eigenvalue weighted by Crippen LogP contribution is 2.17. The van der Waals surface area contributed by atoms with Crippen LogP contribution in [-0.4, -0.2) is 25.5 Å². The Morgan fingerprint density at radius 2 is 1.81 bits per heavy atom. The van der Waals surface area contributed by atoms with Crippen LogP contribution in [0, 0.1) is 26.7 Å². The van der Waals surface area contributed by atoms with Gasteiger partial charge in [-0.15, -0.1) is 0 Å². The van der Waals surface area contributed by atoms with Gasteiger partial charge in [0.15, 0.2) is 0 Å². The summed E-state index contributed by atoms with van der Waals surface area (Å²) in [6.07, 6.45) is 1.79. The quantitative estimate of drug-likeness (QED) is 0.719. The zero-order chi connectivity index (χ0) is 19.6. The van der Waals surface area contributed by atoms with Crippen molar-refractivity contribution in [2.45, 2.75) is 47.7 Å². The van der Waals surface area contributed by atoms with E-state index in [1.165, 1.54) is 0 Å². The summed E-state index contributed by atoms with van der Waals surface area (Å²) < 4.78 is 3.83. The molecule has 142 valence electrons. The molecule has 3 rings (SSSR count). The normalized spacial score (nSPS) is 11.2. The Hall–Kier alpha value is -2.89. The molecule has 1 amide bonds. The maximum atomic E-state index is 12.7. The first kappa shape index (κ1) is 18.9. The summed E-state index contributed by atoms with van der Waals surface area (Å²) in [6, 6.07) is 9.72. The number of carbonyl (C=O) groups is 1. The molecule has 0 unspecified atom stereocenters. The van der Waals surface area contributed by atoms with Crippen LogP contribution in [0.15, 0.2) is 36.5 Å². The summed E-state index contributed by atoms with van der Waals surface area (Å²) in [7, 11) is 0. The van der Waals surface area contributed by atoms with Gasteiger partial charge in [0.1, 0.15) is 5.82 Å². The molecule has 0 aliphatic carbocycles. The molecule has 1 aromatic carbocycles. The highest BCUT2D eigenvalue weighted by Gasteiger charge is 2.13. The van der Waals surface area contributed by atoms with Gasteiger partial charge in [-0.2, -0.15) is 10.2 Å². The second-order valence-electron chi connectivity index (χ2n) is 7.49. The average Bonchev–Trinajstić information content (AvgIpc) is 3.10. The molecule has 1 N–H and O–H groups in total. The van der Waals surface area contributed by atoms with Gasteiger partial charge in [-0.05, 0) is 50.5 Å². The molecule has 0 aliphatic heterocycles. The third kappa shape index (κ3) is 4.45.